The average Bonchev–Trinajstić information content (AvgIpc) is 4.07. The highest BCUT2D eigenvalue weighted by atomic mass is 16.5. The molecule has 2 fully saturated rings. The zero-order valence-electron chi connectivity index (χ0n) is 39.2. The van der Waals surface area contributed by atoms with Gasteiger partial charge in [0.05, 0.1) is 55.2 Å². The minimum absolute atomic E-state index is 0.107. The third-order valence-electron chi connectivity index (χ3n) is 13.6. The van der Waals surface area contributed by atoms with Gasteiger partial charge in [-0.1, -0.05) is 34.3 Å². The van der Waals surface area contributed by atoms with E-state index >= 15 is 0 Å². The van der Waals surface area contributed by atoms with Crippen molar-refractivity contribution in [2.24, 2.45) is 11.3 Å². The number of oxazole rings is 1. The Balaban J connectivity index is 1.28. The Morgan fingerprint density at radius 2 is 1.94 bits per heavy atom. The molecule has 6 bridgehead atoms. The maximum absolute atomic E-state index is 14.7. The third-order valence-corrected chi connectivity index (χ3v) is 13.6. The number of rotatable bonds is 11. The highest BCUT2D eigenvalue weighted by Crippen LogP contribution is 2.42. The summed E-state index contributed by atoms with van der Waals surface area (Å²) < 4.78 is 20.6. The summed E-state index contributed by atoms with van der Waals surface area (Å²) in [6.45, 7) is 18.7. The lowest BCUT2D eigenvalue weighted by Gasteiger charge is -2.38. The van der Waals surface area contributed by atoms with Crippen molar-refractivity contribution in [1.29, 1.82) is 0 Å². The summed E-state index contributed by atoms with van der Waals surface area (Å²) in [7, 11) is 3.22. The van der Waals surface area contributed by atoms with Crippen LogP contribution in [0.15, 0.2) is 59.8 Å². The van der Waals surface area contributed by atoms with E-state index in [0.717, 1.165) is 43.9 Å². The number of hydrogen-bond donors (Lipinski definition) is 2. The number of aromatic nitrogens is 3. The van der Waals surface area contributed by atoms with Crippen molar-refractivity contribution in [1.82, 2.24) is 40.2 Å². The van der Waals surface area contributed by atoms with Crippen molar-refractivity contribution in [3.63, 3.8) is 0 Å². The Morgan fingerprint density at radius 1 is 1.17 bits per heavy atom. The first-order chi connectivity index (χ1) is 30.9. The number of pyridine rings is 1. The molecule has 7 rings (SSSR count). The van der Waals surface area contributed by atoms with Gasteiger partial charge in [-0.05, 0) is 87.9 Å². The number of fused-ring (bicyclic) bond motifs is 6. The summed E-state index contributed by atoms with van der Waals surface area (Å²) in [5.74, 6) is -1.55. The van der Waals surface area contributed by atoms with Crippen LogP contribution in [-0.2, 0) is 48.0 Å². The fraction of sp³-hybridized carbons (Fsp3) is 0.542. The Hall–Kier alpha value is -5.94. The molecule has 4 aromatic rings. The van der Waals surface area contributed by atoms with E-state index in [-0.39, 0.29) is 44.0 Å². The number of nitroso groups, excluding NO2 is 1. The van der Waals surface area contributed by atoms with Crippen molar-refractivity contribution >= 4 is 34.6 Å². The van der Waals surface area contributed by atoms with Gasteiger partial charge in [0.1, 0.15) is 17.0 Å². The monoisotopic (exact) mass is 894 g/mol. The van der Waals surface area contributed by atoms with Gasteiger partial charge >= 0.3 is 5.97 Å². The fourth-order valence-electron chi connectivity index (χ4n) is 9.35. The summed E-state index contributed by atoms with van der Waals surface area (Å²) >= 11 is 0. The number of nitrogens with one attached hydrogen (secondary N) is 2. The van der Waals surface area contributed by atoms with Gasteiger partial charge in [-0.15, -0.1) is 5.01 Å². The predicted octanol–water partition coefficient (Wildman–Crippen LogP) is 5.56. The summed E-state index contributed by atoms with van der Waals surface area (Å²) in [6.07, 6.45) is 6.12. The number of benzene rings is 1. The SMILES string of the molecule is C=CC(=O)N1CC[C@H]([N+](=O)N(C)[C@@](C)(C(=O)N[C@H]2Cc3ncc(o3)-c3ccc4c(c3)c(c(-c3cccnc3[C@H](C)OC)n4CC)CC(C)(C)COC(=O)[C@@H]3CCCN(N3)C2=O)C(C)C)C1. The maximum Gasteiger partial charge on any atom is 0.324 e. The van der Waals surface area contributed by atoms with Crippen LogP contribution in [0.1, 0.15) is 91.0 Å². The van der Waals surface area contributed by atoms with Crippen LogP contribution in [0.2, 0.25) is 0 Å². The van der Waals surface area contributed by atoms with E-state index < -0.39 is 52.8 Å². The first-order valence-corrected chi connectivity index (χ1v) is 22.7. The molecule has 3 aliphatic rings. The molecule has 0 saturated carbocycles. The van der Waals surface area contributed by atoms with Gasteiger partial charge in [0.2, 0.25) is 5.91 Å². The normalized spacial score (nSPS) is 21.7. The predicted molar refractivity (Wildman–Crippen MR) is 244 cm³/mol. The number of carbonyl (C=O) groups is 4. The lowest BCUT2D eigenvalue weighted by Crippen LogP contribution is -2.66. The minimum atomic E-state index is -1.45. The molecule has 0 unspecified atom stereocenters. The highest BCUT2D eigenvalue weighted by molar-refractivity contribution is 5.95. The van der Waals surface area contributed by atoms with E-state index in [1.165, 1.54) is 16.1 Å². The smallest absolute Gasteiger partial charge is 0.324 e. The van der Waals surface area contributed by atoms with Crippen molar-refractivity contribution in [3.05, 3.63) is 77.4 Å². The number of esters is 1. The van der Waals surface area contributed by atoms with Crippen LogP contribution in [0.5, 0.6) is 0 Å². The van der Waals surface area contributed by atoms with Crippen LogP contribution in [0.3, 0.4) is 0 Å². The standard InChI is InChI=1S/C48H63N9O8/c1-11-41(58)54-22-19-32(27-54)57(62)53(9)48(8,29(3)4)46(61)51-37-24-40-50-26-39(65-40)31-17-18-38-34(23-31)35(43(55(38)12-2)33-15-13-20-49-42(33)30(5)63-10)25-47(6,7)28-64-45(60)36-16-14-21-56(52-36)44(37)59/h11,13,15,17-18,20,23,26,29-30,32,36-37,52H,1,12,14,16,19,21-22,24-25,27-28H2,2-10H3/p+1/t30-,32-,36-,37-,48+/m0/s1. The second-order valence-corrected chi connectivity index (χ2v) is 18.8. The molecule has 3 aliphatic heterocycles. The van der Waals surface area contributed by atoms with Crippen LogP contribution < -0.4 is 10.7 Å². The molecule has 17 heteroatoms. The highest BCUT2D eigenvalue weighted by Gasteiger charge is 2.52. The van der Waals surface area contributed by atoms with E-state index in [2.05, 4.69) is 65.8 Å². The molecular formula is C48H64N9O8+. The molecule has 2 N–H and O–H groups in total. The van der Waals surface area contributed by atoms with Gasteiger partial charge in [0.15, 0.2) is 17.2 Å². The number of cyclic esters (lactones) is 1. The van der Waals surface area contributed by atoms with E-state index in [9.17, 15) is 24.1 Å². The molecule has 3 aromatic heterocycles. The molecule has 3 amide bonds. The molecule has 65 heavy (non-hydrogen) atoms. The first-order valence-electron chi connectivity index (χ1n) is 22.7. The molecule has 0 spiro atoms. The van der Waals surface area contributed by atoms with Crippen molar-refractivity contribution in [2.45, 2.75) is 117 Å². The van der Waals surface area contributed by atoms with E-state index in [1.807, 2.05) is 32.9 Å². The number of carbonyl (C=O) groups excluding carboxylic acids is 4. The second-order valence-electron chi connectivity index (χ2n) is 18.8. The summed E-state index contributed by atoms with van der Waals surface area (Å²) in [5.41, 5.74) is 6.72. The van der Waals surface area contributed by atoms with E-state index in [0.29, 0.717) is 44.5 Å². The van der Waals surface area contributed by atoms with Crippen LogP contribution in [0, 0.1) is 16.2 Å². The molecule has 17 nitrogen and oxygen atoms in total. The van der Waals surface area contributed by atoms with E-state index in [4.69, 9.17) is 18.9 Å². The van der Waals surface area contributed by atoms with E-state index in [1.54, 1.807) is 38.4 Å². The number of hydrogen-bond acceptors (Lipinski definition) is 11. The fourth-order valence-corrected chi connectivity index (χ4v) is 9.35. The molecule has 2 saturated heterocycles. The van der Waals surface area contributed by atoms with Crippen molar-refractivity contribution in [3.8, 4) is 22.6 Å². The number of methoxy groups -OCH3 is 1. The van der Waals surface area contributed by atoms with Crippen molar-refractivity contribution < 1.29 is 37.9 Å². The molecule has 348 valence electrons. The third kappa shape index (κ3) is 9.17. The average molecular weight is 895 g/mol. The number of likely N-dealkylation sites (tertiary alicyclic amines) is 1. The first kappa shape index (κ1) is 47.0. The van der Waals surface area contributed by atoms with Crippen molar-refractivity contribution in [2.75, 3.05) is 40.4 Å². The topological polar surface area (TPSA) is 184 Å². The van der Waals surface area contributed by atoms with Gasteiger partial charge in [-0.25, -0.2) is 10.4 Å². The minimum Gasteiger partial charge on any atom is -0.464 e. The molecule has 1 aromatic carbocycles. The summed E-state index contributed by atoms with van der Waals surface area (Å²) in [6, 6.07) is 7.52. The number of amides is 3. The molecular weight excluding hydrogens is 831 g/mol. The lowest BCUT2D eigenvalue weighted by atomic mass is 9.84. The van der Waals surface area contributed by atoms with Crippen LogP contribution >= 0.6 is 0 Å². The molecule has 5 atom stereocenters. The number of nitrogens with zero attached hydrogens (tertiary/aromatic N) is 7. The number of ether oxygens (including phenoxy) is 2. The maximum atomic E-state index is 14.7. The summed E-state index contributed by atoms with van der Waals surface area (Å²) in [5, 5.41) is 6.69. The van der Waals surface area contributed by atoms with Gasteiger partial charge in [0, 0.05) is 66.8 Å². The number of aryl methyl sites for hydroxylation is 1. The second kappa shape index (κ2) is 18.9. The Bertz CT molecular complexity index is 2480. The zero-order valence-corrected chi connectivity index (χ0v) is 39.2. The lowest BCUT2D eigenvalue weighted by molar-refractivity contribution is -0.740. The number of hydrazine groups is 2. The number of likely N-dealkylation sites (N-methyl/N-ethyl adjacent to an activating group) is 1. The van der Waals surface area contributed by atoms with Gasteiger partial charge in [-0.2, -0.15) is 0 Å². The largest absolute Gasteiger partial charge is 0.464 e. The van der Waals surface area contributed by atoms with Crippen LogP contribution in [0.4, 0.5) is 0 Å². The Kier molecular flexibility index (Phi) is 13.7. The quantitative estimate of drug-likeness (QED) is 0.0829. The van der Waals surface area contributed by atoms with Crippen LogP contribution in [-0.4, -0.2) is 122 Å². The summed E-state index contributed by atoms with van der Waals surface area (Å²) in [4.78, 5) is 81.2. The Labute approximate surface area is 380 Å². The van der Waals surface area contributed by atoms with Gasteiger partial charge in [-0.3, -0.25) is 29.2 Å². The zero-order chi connectivity index (χ0) is 47.0. The molecule has 0 radical (unpaired) electrons. The van der Waals surface area contributed by atoms with Gasteiger partial charge in [0.25, 0.3) is 17.9 Å². The Morgan fingerprint density at radius 3 is 2.65 bits per heavy atom. The molecule has 6 heterocycles. The van der Waals surface area contributed by atoms with Gasteiger partial charge < -0.3 is 28.7 Å². The molecule has 0 aliphatic carbocycles. The van der Waals surface area contributed by atoms with Crippen LogP contribution in [0.25, 0.3) is 33.5 Å².